The number of hydrogen-bond acceptors (Lipinski definition) is 21. The van der Waals surface area contributed by atoms with E-state index in [0.717, 1.165) is 32.6 Å². The van der Waals surface area contributed by atoms with E-state index in [-0.39, 0.29) is 28.2 Å². The van der Waals surface area contributed by atoms with Gasteiger partial charge in [0.1, 0.15) is 34.9 Å². The van der Waals surface area contributed by atoms with Crippen molar-refractivity contribution in [3.63, 3.8) is 0 Å². The quantitative estimate of drug-likeness (QED) is 0.0449. The molecule has 0 atom stereocenters. The van der Waals surface area contributed by atoms with Gasteiger partial charge in [-0.15, -0.1) is 20.5 Å². The molecule has 0 spiro atoms. The summed E-state index contributed by atoms with van der Waals surface area (Å²) in [5.74, 6) is -4.35. The van der Waals surface area contributed by atoms with Gasteiger partial charge in [-0.1, -0.05) is 109 Å². The highest BCUT2D eigenvalue weighted by Crippen LogP contribution is 2.35. The van der Waals surface area contributed by atoms with Crippen LogP contribution in [0.25, 0.3) is 52.0 Å². The van der Waals surface area contributed by atoms with Gasteiger partial charge < -0.3 is 15.3 Å². The average Bonchev–Trinajstić information content (AvgIpc) is 1.68. The van der Waals surface area contributed by atoms with Crippen LogP contribution in [0, 0.1) is 34.0 Å². The molecule has 7 heterocycles. The number of hydrogen-bond donors (Lipinski definition) is 5. The largest absolute Gasteiger partial charge is 0.492 e. The number of nitrogens with zero attached hydrogens (tertiary/aromatic N) is 22. The lowest BCUT2D eigenvalue weighted by Crippen LogP contribution is -2.24. The first-order valence-corrected chi connectivity index (χ1v) is 26.7. The van der Waals surface area contributed by atoms with Crippen LogP contribution >= 0.6 is 0 Å². The molecule has 0 aliphatic carbocycles. The van der Waals surface area contributed by atoms with Gasteiger partial charge in [-0.2, -0.15) is 60.1 Å². The maximum atomic E-state index is 14.4. The Bertz CT molecular complexity index is 5050. The lowest BCUT2D eigenvalue weighted by molar-refractivity contribution is 0.425. The van der Waals surface area contributed by atoms with Crippen LogP contribution in [-0.4, -0.2) is 87.7 Å². The molecule has 30 nitrogen and oxygen atoms in total. The van der Waals surface area contributed by atoms with Crippen molar-refractivity contribution >= 4 is 34.5 Å². The van der Waals surface area contributed by atoms with Crippen LogP contribution in [0.3, 0.4) is 0 Å². The second kappa shape index (κ2) is 23.0. The van der Waals surface area contributed by atoms with Crippen LogP contribution in [0.15, 0.2) is 235 Å². The van der Waals surface area contributed by atoms with Gasteiger partial charge in [0.25, 0.3) is 17.8 Å². The fourth-order valence-corrected chi connectivity index (χ4v) is 9.54. The third kappa shape index (κ3) is 9.56. The zero-order valence-corrected chi connectivity index (χ0v) is 46.0. The molecular weight excluding hydrogens is 1150 g/mol. The highest BCUT2D eigenvalue weighted by molar-refractivity contribution is 5.64. The summed E-state index contributed by atoms with van der Waals surface area (Å²) < 4.78 is 10.1. The second-order valence-electron chi connectivity index (χ2n) is 19.0. The molecule has 0 radical (unpaired) electrons. The average molecular weight is 1190 g/mol. The van der Waals surface area contributed by atoms with Gasteiger partial charge in [-0.05, 0) is 72.8 Å². The molecule has 0 unspecified atom stereocenters. The molecule has 0 saturated carbocycles. The van der Waals surface area contributed by atoms with E-state index < -0.39 is 75.2 Å². The molecule has 30 heteroatoms. The van der Waals surface area contributed by atoms with Crippen molar-refractivity contribution < 1.29 is 15.3 Å². The van der Waals surface area contributed by atoms with Crippen molar-refractivity contribution in [3.8, 4) is 87.8 Å². The fourth-order valence-electron chi connectivity index (χ4n) is 9.54. The van der Waals surface area contributed by atoms with E-state index in [1.54, 1.807) is 182 Å². The van der Waals surface area contributed by atoms with Crippen LogP contribution in [-0.2, 0) is 0 Å². The number of anilines is 2. The lowest BCUT2D eigenvalue weighted by atomic mass is 10.3. The number of nitrogens with one attached hydrogen (secondary N) is 2. The molecule has 434 valence electrons. The number of hydrazine groups is 1. The van der Waals surface area contributed by atoms with E-state index in [1.165, 1.54) is 28.1 Å². The Kier molecular flexibility index (Phi) is 14.0. The van der Waals surface area contributed by atoms with Crippen molar-refractivity contribution in [2.24, 2.45) is 20.5 Å². The molecule has 0 saturated heterocycles. The first-order chi connectivity index (χ1) is 44.1. The highest BCUT2D eigenvalue weighted by atomic mass is 16.3. The zero-order chi connectivity index (χ0) is 62.0. The van der Waals surface area contributed by atoms with Crippen LogP contribution in [0.1, 0.15) is 16.7 Å². The van der Waals surface area contributed by atoms with Crippen LogP contribution in [0.2, 0.25) is 0 Å². The van der Waals surface area contributed by atoms with E-state index in [4.69, 9.17) is 0 Å². The minimum Gasteiger partial charge on any atom is -0.492 e. The molecule has 0 aliphatic rings. The molecule has 6 aromatic carbocycles. The van der Waals surface area contributed by atoms with Gasteiger partial charge >= 0.3 is 16.7 Å². The van der Waals surface area contributed by atoms with Crippen LogP contribution in [0.5, 0.6) is 17.6 Å². The van der Waals surface area contributed by atoms with Gasteiger partial charge in [0.15, 0.2) is 23.1 Å². The Morgan fingerprint density at radius 1 is 0.356 bits per heavy atom. The molecule has 13 rings (SSSR count). The lowest BCUT2D eigenvalue weighted by Gasteiger charge is -2.13. The Hall–Kier alpha value is -14.3. The fraction of sp³-hybridized carbons (Fsp3) is 0. The Labute approximate surface area is 503 Å². The summed E-state index contributed by atoms with van der Waals surface area (Å²) in [6.07, 6.45) is 3.29. The summed E-state index contributed by atoms with van der Waals surface area (Å²) in [6, 6.07) is 56.9. The van der Waals surface area contributed by atoms with Gasteiger partial charge in [0.05, 0.1) is 52.7 Å². The summed E-state index contributed by atoms with van der Waals surface area (Å²) in [5, 5.41) is 97.2. The number of aromatic hydroxyl groups is 3. The Morgan fingerprint density at radius 3 is 1.01 bits per heavy atom. The van der Waals surface area contributed by atoms with E-state index in [9.17, 15) is 45.5 Å². The van der Waals surface area contributed by atoms with Crippen molar-refractivity contribution in [2.75, 3.05) is 10.9 Å². The van der Waals surface area contributed by atoms with E-state index in [0.29, 0.717) is 34.1 Å². The SMILES string of the molecule is N#Cc1cnn(-c2nc(-n3ncc(C#N)c3N=Nc3c(O)n(-c4ccccc4)n(-c4ccccc4)c3=O)nc(-n3ncc(C#N)c3NNc3c(O)n(-c4ccccc4)n(-c4ccccc4)c3=O)n2)c1N=Nc1c(O)n(-c2ccccc2)n(-c2ccccc2)c1=O. The van der Waals surface area contributed by atoms with Crippen molar-refractivity contribution in [1.82, 2.24) is 72.4 Å². The standard InChI is InChI=1S/C60H38N24O6/c61-31-37-34-64-76(49(37)73-70-46-52(85)79(40-19-7-1-8-20-40)80(53(46)86)41-21-9-2-10-22-41)58-67-59(77-50(38(32-62)35-65-77)74-71-47-54(87)81(42-23-11-3-12-24-42)82(55(47)88)43-25-13-4-14-26-43)69-60(68-58)78-51(39(33-63)36-66-78)75-72-48-56(89)83(44-27-15-5-16-28-44)84(57(48)90)45-29-17-6-18-30-45/h1-30,34-36,70,73,85,87,89H. The summed E-state index contributed by atoms with van der Waals surface area (Å²) in [6.45, 7) is 0. The summed E-state index contributed by atoms with van der Waals surface area (Å²) >= 11 is 0. The Morgan fingerprint density at radius 2 is 0.656 bits per heavy atom. The van der Waals surface area contributed by atoms with Gasteiger partial charge in [-0.3, -0.25) is 25.2 Å². The number of azo groups is 2. The van der Waals surface area contributed by atoms with Gasteiger partial charge in [0.2, 0.25) is 29.0 Å². The second-order valence-corrected chi connectivity index (χ2v) is 19.0. The van der Waals surface area contributed by atoms with Crippen molar-refractivity contribution in [3.05, 3.63) is 248 Å². The summed E-state index contributed by atoms with van der Waals surface area (Å²) in [7, 11) is 0. The topological polar surface area (TPSA) is 378 Å². The van der Waals surface area contributed by atoms with Gasteiger partial charge in [-0.25, -0.2) is 28.1 Å². The molecule has 0 aliphatic heterocycles. The Balaban J connectivity index is 0.975. The zero-order valence-electron chi connectivity index (χ0n) is 46.0. The minimum absolute atomic E-state index is 0.177. The molecule has 13 aromatic rings. The normalized spacial score (nSPS) is 11.3. The van der Waals surface area contributed by atoms with Crippen LogP contribution < -0.4 is 27.5 Å². The van der Waals surface area contributed by atoms with Crippen molar-refractivity contribution in [2.45, 2.75) is 0 Å². The van der Waals surface area contributed by atoms with E-state index >= 15 is 0 Å². The van der Waals surface area contributed by atoms with Gasteiger partial charge in [0, 0.05) is 0 Å². The molecule has 90 heavy (non-hydrogen) atoms. The molecule has 7 aromatic heterocycles. The smallest absolute Gasteiger partial charge is 0.303 e. The number of rotatable bonds is 16. The number of nitriles is 3. The molecule has 0 bridgehead atoms. The monoisotopic (exact) mass is 1190 g/mol. The predicted molar refractivity (Wildman–Crippen MR) is 320 cm³/mol. The van der Waals surface area contributed by atoms with E-state index in [1.807, 2.05) is 18.2 Å². The maximum Gasteiger partial charge on any atom is 0.303 e. The number of benzene rings is 6. The van der Waals surface area contributed by atoms with Crippen LogP contribution in [0.4, 0.5) is 34.5 Å². The first kappa shape index (κ1) is 54.9. The number of para-hydroxylation sites is 6. The van der Waals surface area contributed by atoms with Crippen molar-refractivity contribution in [1.29, 1.82) is 15.8 Å². The highest BCUT2D eigenvalue weighted by Gasteiger charge is 2.29. The molecule has 0 fully saturated rings. The number of aromatic nitrogens is 15. The molecule has 0 amide bonds. The summed E-state index contributed by atoms with van der Waals surface area (Å²) in [4.78, 5) is 57.1. The first-order valence-electron chi connectivity index (χ1n) is 26.7. The third-order valence-electron chi connectivity index (χ3n) is 13.6. The maximum absolute atomic E-state index is 14.4. The molecular formula is C60H38N24O6. The third-order valence-corrected chi connectivity index (χ3v) is 13.6. The minimum atomic E-state index is -0.817. The predicted octanol–water partition coefficient (Wildman–Crippen LogP) is 8.26. The summed E-state index contributed by atoms with van der Waals surface area (Å²) in [5.41, 5.74) is 3.25. The molecule has 5 N–H and O–H groups in total. The van der Waals surface area contributed by atoms with E-state index in [2.05, 4.69) is 61.6 Å².